The zero-order chi connectivity index (χ0) is 14.3. The molecule has 0 saturated heterocycles. The average Bonchev–Trinajstić information content (AvgIpc) is 3.24. The van der Waals surface area contributed by atoms with E-state index in [2.05, 4.69) is 15.0 Å². The second-order valence-electron chi connectivity index (χ2n) is 6.39. The van der Waals surface area contributed by atoms with Crippen molar-refractivity contribution in [2.45, 2.75) is 45.6 Å². The molecule has 2 fully saturated rings. The van der Waals surface area contributed by atoms with E-state index >= 15 is 0 Å². The summed E-state index contributed by atoms with van der Waals surface area (Å²) in [5.74, 6) is 1.09. The first-order valence-corrected chi connectivity index (χ1v) is 8.09. The van der Waals surface area contributed by atoms with Gasteiger partial charge in [-0.15, -0.1) is 0 Å². The summed E-state index contributed by atoms with van der Waals surface area (Å²) >= 11 is 1.29. The Balaban J connectivity index is 1.68. The first-order chi connectivity index (χ1) is 9.52. The van der Waals surface area contributed by atoms with Gasteiger partial charge in [-0.3, -0.25) is 4.79 Å². The zero-order valence-electron chi connectivity index (χ0n) is 12.0. The lowest BCUT2D eigenvalue weighted by atomic mass is 10.0. The largest absolute Gasteiger partial charge is 0.382 e. The van der Waals surface area contributed by atoms with E-state index in [1.165, 1.54) is 37.2 Å². The molecule has 1 amide bonds. The van der Waals surface area contributed by atoms with Crippen LogP contribution in [0.5, 0.6) is 0 Å². The quantitative estimate of drug-likeness (QED) is 0.753. The number of hydrogen-bond acceptors (Lipinski definition) is 5. The minimum absolute atomic E-state index is 0.0934. The van der Waals surface area contributed by atoms with E-state index in [-0.39, 0.29) is 11.9 Å². The van der Waals surface area contributed by atoms with E-state index in [0.717, 1.165) is 17.5 Å². The third-order valence-electron chi connectivity index (χ3n) is 4.30. The highest BCUT2D eigenvalue weighted by atomic mass is 32.1. The molecule has 0 bridgehead atoms. The Bertz CT molecular complexity index is 517. The van der Waals surface area contributed by atoms with Gasteiger partial charge in [0.2, 0.25) is 0 Å². The van der Waals surface area contributed by atoms with E-state index in [1.807, 2.05) is 13.8 Å². The van der Waals surface area contributed by atoms with Crippen LogP contribution in [0, 0.1) is 11.3 Å². The second-order valence-corrected chi connectivity index (χ2v) is 7.16. The molecule has 1 aromatic heterocycles. The van der Waals surface area contributed by atoms with Crippen LogP contribution in [0.25, 0.3) is 0 Å². The van der Waals surface area contributed by atoms with Crippen LogP contribution in [0.15, 0.2) is 0 Å². The van der Waals surface area contributed by atoms with E-state index < -0.39 is 0 Å². The van der Waals surface area contributed by atoms with Gasteiger partial charge in [0, 0.05) is 12.6 Å². The summed E-state index contributed by atoms with van der Waals surface area (Å²) in [6.07, 6.45) is 5.36. The minimum Gasteiger partial charge on any atom is -0.382 e. The number of anilines is 2. The molecular formula is C14H22N4OS. The van der Waals surface area contributed by atoms with Crippen LogP contribution >= 0.6 is 11.5 Å². The third kappa shape index (κ3) is 2.61. The van der Waals surface area contributed by atoms with Crippen molar-refractivity contribution in [2.24, 2.45) is 11.3 Å². The van der Waals surface area contributed by atoms with Gasteiger partial charge in [-0.25, -0.2) is 0 Å². The molecule has 1 aromatic rings. The smallest absolute Gasteiger partial charge is 0.258 e. The van der Waals surface area contributed by atoms with Crippen molar-refractivity contribution in [3.8, 4) is 0 Å². The van der Waals surface area contributed by atoms with Gasteiger partial charge in [-0.1, -0.05) is 0 Å². The van der Waals surface area contributed by atoms with Gasteiger partial charge in [0.15, 0.2) is 5.82 Å². The minimum atomic E-state index is -0.134. The van der Waals surface area contributed by atoms with Crippen molar-refractivity contribution in [1.29, 1.82) is 0 Å². The van der Waals surface area contributed by atoms with Gasteiger partial charge in [-0.2, -0.15) is 4.37 Å². The normalized spacial score (nSPS) is 19.9. The number of nitrogens with two attached hydrogens (primary N) is 1. The summed E-state index contributed by atoms with van der Waals surface area (Å²) in [4.78, 5) is 12.2. The first-order valence-electron chi connectivity index (χ1n) is 7.32. The number of carbonyl (C=O) groups is 1. The predicted octanol–water partition coefficient (Wildman–Crippen LogP) is 2.47. The Morgan fingerprint density at radius 1 is 1.50 bits per heavy atom. The summed E-state index contributed by atoms with van der Waals surface area (Å²) in [6, 6.07) is 0.0934. The number of carbonyl (C=O) groups excluding carboxylic acids is 1. The fraction of sp³-hybridized carbons (Fsp3) is 0.714. The molecule has 3 rings (SSSR count). The van der Waals surface area contributed by atoms with Crippen LogP contribution in [0.2, 0.25) is 0 Å². The van der Waals surface area contributed by atoms with E-state index in [4.69, 9.17) is 5.73 Å². The lowest BCUT2D eigenvalue weighted by Crippen LogP contribution is -2.31. The van der Waals surface area contributed by atoms with Crippen molar-refractivity contribution in [2.75, 3.05) is 17.6 Å². The highest BCUT2D eigenvalue weighted by molar-refractivity contribution is 7.11. The van der Waals surface area contributed by atoms with E-state index in [0.29, 0.717) is 16.8 Å². The lowest BCUT2D eigenvalue weighted by Gasteiger charge is -2.16. The SMILES string of the molecule is CC(C)NC(=O)c1c(N)nsc1NCC1(C2CC2)CC1. The molecule has 2 saturated carbocycles. The maximum Gasteiger partial charge on any atom is 0.258 e. The molecule has 20 heavy (non-hydrogen) atoms. The molecule has 0 radical (unpaired) electrons. The Morgan fingerprint density at radius 3 is 2.75 bits per heavy atom. The number of amides is 1. The van der Waals surface area contributed by atoms with Gasteiger partial charge >= 0.3 is 0 Å². The van der Waals surface area contributed by atoms with E-state index in [9.17, 15) is 4.79 Å². The number of aromatic nitrogens is 1. The van der Waals surface area contributed by atoms with Crippen molar-refractivity contribution in [3.63, 3.8) is 0 Å². The third-order valence-corrected chi connectivity index (χ3v) is 5.12. The summed E-state index contributed by atoms with van der Waals surface area (Å²) in [5, 5.41) is 7.12. The molecule has 1 heterocycles. The Kier molecular flexibility index (Phi) is 3.36. The summed E-state index contributed by atoms with van der Waals surface area (Å²) in [7, 11) is 0. The highest BCUT2D eigenvalue weighted by Gasteiger charge is 2.53. The number of nitrogen functional groups attached to an aromatic ring is 1. The van der Waals surface area contributed by atoms with Gasteiger partial charge in [-0.05, 0) is 62.4 Å². The molecule has 5 nitrogen and oxygen atoms in total. The van der Waals surface area contributed by atoms with Gasteiger partial charge in [0.05, 0.1) is 0 Å². The molecule has 4 N–H and O–H groups in total. The molecule has 2 aliphatic rings. The van der Waals surface area contributed by atoms with Crippen molar-refractivity contribution >= 4 is 28.3 Å². The molecule has 0 aliphatic heterocycles. The monoisotopic (exact) mass is 294 g/mol. The van der Waals surface area contributed by atoms with Crippen LogP contribution in [0.1, 0.15) is 49.9 Å². The molecule has 6 heteroatoms. The number of rotatable bonds is 6. The molecule has 2 aliphatic carbocycles. The van der Waals surface area contributed by atoms with Gasteiger partial charge in [0.25, 0.3) is 5.91 Å². The molecule has 0 aromatic carbocycles. The molecular weight excluding hydrogens is 272 g/mol. The Hall–Kier alpha value is -1.30. The number of nitrogens with zero attached hydrogens (tertiary/aromatic N) is 1. The van der Waals surface area contributed by atoms with Gasteiger partial charge in [0.1, 0.15) is 10.6 Å². The topological polar surface area (TPSA) is 80.0 Å². The molecule has 0 atom stereocenters. The predicted molar refractivity (Wildman–Crippen MR) is 82.0 cm³/mol. The van der Waals surface area contributed by atoms with Crippen LogP contribution in [0.3, 0.4) is 0 Å². The van der Waals surface area contributed by atoms with Crippen LogP contribution in [0.4, 0.5) is 10.8 Å². The maximum atomic E-state index is 12.2. The highest BCUT2D eigenvalue weighted by Crippen LogP contribution is 2.61. The summed E-state index contributed by atoms with van der Waals surface area (Å²) in [5.41, 5.74) is 6.84. The Labute approximate surface area is 123 Å². The van der Waals surface area contributed by atoms with Gasteiger partial charge < -0.3 is 16.4 Å². The van der Waals surface area contributed by atoms with E-state index in [1.54, 1.807) is 0 Å². The van der Waals surface area contributed by atoms with Crippen LogP contribution in [-0.2, 0) is 0 Å². The standard InChI is InChI=1S/C14H22N4OS/c1-8(2)17-12(19)10-11(15)18-20-13(10)16-7-14(5-6-14)9-3-4-9/h8-9,16H,3-7H2,1-2H3,(H2,15,18)(H,17,19). The second kappa shape index (κ2) is 4.91. The van der Waals surface area contributed by atoms with Crippen molar-refractivity contribution in [3.05, 3.63) is 5.56 Å². The fourth-order valence-corrected chi connectivity index (χ4v) is 3.53. The lowest BCUT2D eigenvalue weighted by molar-refractivity contribution is 0.0945. The molecule has 0 unspecified atom stereocenters. The average molecular weight is 294 g/mol. The van der Waals surface area contributed by atoms with Crippen molar-refractivity contribution < 1.29 is 4.79 Å². The first kappa shape index (κ1) is 13.7. The summed E-state index contributed by atoms with van der Waals surface area (Å²) < 4.78 is 4.12. The molecule has 110 valence electrons. The molecule has 0 spiro atoms. The summed E-state index contributed by atoms with van der Waals surface area (Å²) in [6.45, 7) is 4.82. The Morgan fingerprint density at radius 2 is 2.20 bits per heavy atom. The number of hydrogen-bond donors (Lipinski definition) is 3. The fourth-order valence-electron chi connectivity index (χ4n) is 2.82. The number of nitrogens with one attached hydrogen (secondary N) is 2. The van der Waals surface area contributed by atoms with Crippen LogP contribution in [-0.4, -0.2) is 22.9 Å². The van der Waals surface area contributed by atoms with Crippen LogP contribution < -0.4 is 16.4 Å². The van der Waals surface area contributed by atoms with Crippen molar-refractivity contribution in [1.82, 2.24) is 9.69 Å². The maximum absolute atomic E-state index is 12.2. The zero-order valence-corrected chi connectivity index (χ0v) is 12.8.